The molecule has 2 rings (SSSR count). The molecule has 0 saturated heterocycles. The van der Waals surface area contributed by atoms with Gasteiger partial charge in [-0.2, -0.15) is 0 Å². The van der Waals surface area contributed by atoms with Gasteiger partial charge in [-0.15, -0.1) is 0 Å². The first-order valence-corrected chi connectivity index (χ1v) is 5.15. The Morgan fingerprint density at radius 3 is 2.80 bits per heavy atom. The van der Waals surface area contributed by atoms with Gasteiger partial charge in [-0.1, -0.05) is 18.2 Å². The molecule has 0 spiro atoms. The van der Waals surface area contributed by atoms with Crippen LogP contribution in [0.25, 0.3) is 0 Å². The second-order valence-corrected chi connectivity index (χ2v) is 3.80. The Bertz CT molecular complexity index is 356. The smallest absolute Gasteiger partial charge is 0.173 e. The quantitative estimate of drug-likeness (QED) is 0.794. The van der Waals surface area contributed by atoms with Crippen LogP contribution < -0.4 is 4.74 Å². The molecule has 3 heteroatoms. The van der Waals surface area contributed by atoms with E-state index in [9.17, 15) is 4.79 Å². The fourth-order valence-electron chi connectivity index (χ4n) is 1.45. The van der Waals surface area contributed by atoms with E-state index < -0.39 is 0 Å². The van der Waals surface area contributed by atoms with Crippen molar-refractivity contribution in [3.05, 3.63) is 29.8 Å². The predicted octanol–water partition coefficient (Wildman–Crippen LogP) is 1.54. The Balaban J connectivity index is 1.94. The van der Waals surface area contributed by atoms with Crippen LogP contribution in [0.4, 0.5) is 0 Å². The number of rotatable bonds is 5. The normalized spacial score (nSPS) is 15.0. The van der Waals surface area contributed by atoms with Crippen LogP contribution in [0.1, 0.15) is 18.4 Å². The third-order valence-electron chi connectivity index (χ3n) is 2.55. The number of para-hydroxylation sites is 1. The van der Waals surface area contributed by atoms with Crippen molar-refractivity contribution in [1.29, 1.82) is 0 Å². The summed E-state index contributed by atoms with van der Waals surface area (Å²) in [5.74, 6) is 1.00. The summed E-state index contributed by atoms with van der Waals surface area (Å²) in [4.78, 5) is 11.4. The number of hydrogen-bond acceptors (Lipinski definition) is 3. The molecule has 1 saturated carbocycles. The SMILES string of the molecule is O=C(COc1ccccc1CO)C1CC1. The molecular formula is C12H14O3. The number of ether oxygens (including phenoxy) is 1. The molecule has 0 bridgehead atoms. The fraction of sp³-hybridized carbons (Fsp3) is 0.417. The van der Waals surface area contributed by atoms with E-state index in [4.69, 9.17) is 9.84 Å². The number of aliphatic hydroxyl groups is 1. The zero-order valence-corrected chi connectivity index (χ0v) is 8.48. The number of ketones is 1. The first-order valence-electron chi connectivity index (χ1n) is 5.15. The van der Waals surface area contributed by atoms with Crippen molar-refractivity contribution in [2.24, 2.45) is 5.92 Å². The third-order valence-corrected chi connectivity index (χ3v) is 2.55. The zero-order valence-electron chi connectivity index (χ0n) is 8.48. The van der Waals surface area contributed by atoms with Crippen LogP contribution in [0.3, 0.4) is 0 Å². The largest absolute Gasteiger partial charge is 0.485 e. The van der Waals surface area contributed by atoms with Crippen LogP contribution in [-0.4, -0.2) is 17.5 Å². The monoisotopic (exact) mass is 206 g/mol. The van der Waals surface area contributed by atoms with Gasteiger partial charge in [-0.3, -0.25) is 4.79 Å². The summed E-state index contributed by atoms with van der Waals surface area (Å²) in [7, 11) is 0. The van der Waals surface area contributed by atoms with Gasteiger partial charge in [0.05, 0.1) is 6.61 Å². The highest BCUT2D eigenvalue weighted by Gasteiger charge is 2.29. The summed E-state index contributed by atoms with van der Waals surface area (Å²) in [6.45, 7) is 0.0650. The summed E-state index contributed by atoms with van der Waals surface area (Å²) in [5.41, 5.74) is 0.723. The highest BCUT2D eigenvalue weighted by atomic mass is 16.5. The minimum absolute atomic E-state index is 0.0617. The molecule has 15 heavy (non-hydrogen) atoms. The van der Waals surface area contributed by atoms with E-state index in [1.807, 2.05) is 12.1 Å². The van der Waals surface area contributed by atoms with Crippen molar-refractivity contribution < 1.29 is 14.6 Å². The van der Waals surface area contributed by atoms with Gasteiger partial charge in [0, 0.05) is 11.5 Å². The molecule has 0 heterocycles. The van der Waals surface area contributed by atoms with E-state index >= 15 is 0 Å². The Labute approximate surface area is 88.7 Å². The highest BCUT2D eigenvalue weighted by Crippen LogP contribution is 2.30. The van der Waals surface area contributed by atoms with E-state index in [2.05, 4.69) is 0 Å². The minimum atomic E-state index is -0.0617. The Morgan fingerprint density at radius 2 is 2.13 bits per heavy atom. The van der Waals surface area contributed by atoms with Gasteiger partial charge in [0.25, 0.3) is 0 Å². The molecule has 1 aromatic rings. The molecule has 0 radical (unpaired) electrons. The van der Waals surface area contributed by atoms with Crippen molar-refractivity contribution in [1.82, 2.24) is 0 Å². The molecule has 80 valence electrons. The molecule has 1 aliphatic carbocycles. The van der Waals surface area contributed by atoms with Crippen molar-refractivity contribution in [2.45, 2.75) is 19.4 Å². The summed E-state index contributed by atoms with van der Waals surface area (Å²) >= 11 is 0. The van der Waals surface area contributed by atoms with E-state index in [-0.39, 0.29) is 24.9 Å². The second kappa shape index (κ2) is 4.45. The molecule has 3 nitrogen and oxygen atoms in total. The first kappa shape index (κ1) is 10.2. The molecule has 0 aromatic heterocycles. The minimum Gasteiger partial charge on any atom is -0.485 e. The van der Waals surface area contributed by atoms with Crippen molar-refractivity contribution in [3.8, 4) is 5.75 Å². The van der Waals surface area contributed by atoms with Crippen LogP contribution in [0, 0.1) is 5.92 Å². The lowest BCUT2D eigenvalue weighted by molar-refractivity contribution is -0.122. The average molecular weight is 206 g/mol. The van der Waals surface area contributed by atoms with E-state index in [0.717, 1.165) is 18.4 Å². The van der Waals surface area contributed by atoms with E-state index in [1.165, 1.54) is 0 Å². The molecule has 0 aliphatic heterocycles. The Morgan fingerprint density at radius 1 is 1.40 bits per heavy atom. The van der Waals surface area contributed by atoms with Gasteiger partial charge in [0.1, 0.15) is 12.4 Å². The standard InChI is InChI=1S/C12H14O3/c13-7-10-3-1-2-4-12(10)15-8-11(14)9-5-6-9/h1-4,9,13H,5-8H2. The number of hydrogen-bond donors (Lipinski definition) is 1. The van der Waals surface area contributed by atoms with Crippen molar-refractivity contribution >= 4 is 5.78 Å². The number of carbonyl (C=O) groups is 1. The van der Waals surface area contributed by atoms with Crippen LogP contribution in [-0.2, 0) is 11.4 Å². The lowest BCUT2D eigenvalue weighted by Crippen LogP contribution is -2.13. The summed E-state index contributed by atoms with van der Waals surface area (Å²) in [6.07, 6.45) is 2.01. The lowest BCUT2D eigenvalue weighted by Gasteiger charge is -2.08. The highest BCUT2D eigenvalue weighted by molar-refractivity contribution is 5.84. The van der Waals surface area contributed by atoms with Crippen molar-refractivity contribution in [3.63, 3.8) is 0 Å². The molecule has 0 amide bonds. The van der Waals surface area contributed by atoms with Gasteiger partial charge >= 0.3 is 0 Å². The van der Waals surface area contributed by atoms with Crippen LogP contribution in [0.5, 0.6) is 5.75 Å². The maximum atomic E-state index is 11.4. The molecule has 0 atom stereocenters. The fourth-order valence-corrected chi connectivity index (χ4v) is 1.45. The topological polar surface area (TPSA) is 46.5 Å². The summed E-state index contributed by atoms with van der Waals surface area (Å²) < 4.78 is 5.38. The van der Waals surface area contributed by atoms with Gasteiger partial charge in [-0.05, 0) is 18.9 Å². The van der Waals surface area contributed by atoms with Gasteiger partial charge in [-0.25, -0.2) is 0 Å². The number of Topliss-reactive ketones (excluding diaryl/α,β-unsaturated/α-hetero) is 1. The third kappa shape index (κ3) is 2.57. The molecule has 0 unspecified atom stereocenters. The Kier molecular flexibility index (Phi) is 3.02. The van der Waals surface area contributed by atoms with Gasteiger partial charge in [0.15, 0.2) is 5.78 Å². The van der Waals surface area contributed by atoms with Gasteiger partial charge in [0.2, 0.25) is 0 Å². The number of carbonyl (C=O) groups excluding carboxylic acids is 1. The lowest BCUT2D eigenvalue weighted by atomic mass is 10.2. The molecule has 1 fully saturated rings. The van der Waals surface area contributed by atoms with Crippen LogP contribution in [0.2, 0.25) is 0 Å². The van der Waals surface area contributed by atoms with Crippen LogP contribution in [0.15, 0.2) is 24.3 Å². The van der Waals surface area contributed by atoms with E-state index in [1.54, 1.807) is 12.1 Å². The average Bonchev–Trinajstić information content (AvgIpc) is 3.10. The summed E-state index contributed by atoms with van der Waals surface area (Å²) in [5, 5.41) is 9.04. The maximum Gasteiger partial charge on any atom is 0.173 e. The molecule has 1 aromatic carbocycles. The number of benzene rings is 1. The van der Waals surface area contributed by atoms with Crippen LogP contribution >= 0.6 is 0 Å². The maximum absolute atomic E-state index is 11.4. The molecule has 1 aliphatic rings. The zero-order chi connectivity index (χ0) is 10.7. The Hall–Kier alpha value is -1.35. The molecular weight excluding hydrogens is 192 g/mol. The predicted molar refractivity (Wildman–Crippen MR) is 55.6 cm³/mol. The first-order chi connectivity index (χ1) is 7.31. The van der Waals surface area contributed by atoms with E-state index in [0.29, 0.717) is 5.75 Å². The molecule has 1 N–H and O–H groups in total. The second-order valence-electron chi connectivity index (χ2n) is 3.80. The summed E-state index contributed by atoms with van der Waals surface area (Å²) in [6, 6.07) is 7.22. The number of aliphatic hydroxyl groups excluding tert-OH is 1. The van der Waals surface area contributed by atoms with Gasteiger partial charge < -0.3 is 9.84 Å². The van der Waals surface area contributed by atoms with Crippen molar-refractivity contribution in [2.75, 3.05) is 6.61 Å².